The molecule has 154 valence electrons. The van der Waals surface area contributed by atoms with Crippen molar-refractivity contribution >= 4 is 0 Å². The van der Waals surface area contributed by atoms with Gasteiger partial charge in [0.25, 0.3) is 0 Å². The van der Waals surface area contributed by atoms with Crippen LogP contribution in [-0.4, -0.2) is 0 Å². The van der Waals surface area contributed by atoms with Gasteiger partial charge in [-0.15, -0.1) is 0 Å². The van der Waals surface area contributed by atoms with E-state index in [0.717, 1.165) is 0 Å². The van der Waals surface area contributed by atoms with Crippen molar-refractivity contribution < 1.29 is 0 Å². The molecule has 2 atom stereocenters. The van der Waals surface area contributed by atoms with Gasteiger partial charge in [0.05, 0.1) is 18.5 Å². The molecule has 1 heterocycles. The van der Waals surface area contributed by atoms with E-state index in [1.807, 2.05) is 0 Å². The highest BCUT2D eigenvalue weighted by molar-refractivity contribution is 5.64. The summed E-state index contributed by atoms with van der Waals surface area (Å²) in [6, 6.07) is 38.6. The molecule has 5 rings (SSSR count). The first-order chi connectivity index (χ1) is 15.3. The predicted molar refractivity (Wildman–Crippen MR) is 127 cm³/mol. The predicted octanol–water partition coefficient (Wildman–Crippen LogP) is 5.84. The molecule has 4 aromatic carbocycles. The lowest BCUT2D eigenvalue weighted by atomic mass is 9.99. The molecule has 0 aromatic heterocycles. The molecule has 1 aliphatic rings. The van der Waals surface area contributed by atoms with E-state index >= 15 is 0 Å². The molecule has 3 nitrogen and oxygen atoms in total. The number of benzene rings is 4. The summed E-state index contributed by atoms with van der Waals surface area (Å²) < 4.78 is 0. The number of nitrogens with one attached hydrogen (secondary N) is 3. The van der Waals surface area contributed by atoms with Gasteiger partial charge in [-0.3, -0.25) is 16.0 Å². The summed E-state index contributed by atoms with van der Waals surface area (Å²) in [4.78, 5) is 0. The van der Waals surface area contributed by atoms with Crippen LogP contribution >= 0.6 is 0 Å². The summed E-state index contributed by atoms with van der Waals surface area (Å²) in [7, 11) is 0. The lowest BCUT2D eigenvalue weighted by Crippen LogP contribution is -2.54. The average Bonchev–Trinajstić information content (AvgIpc) is 2.85. The molecule has 0 amide bonds. The van der Waals surface area contributed by atoms with Crippen molar-refractivity contribution in [1.82, 2.24) is 16.0 Å². The number of hydrogen-bond donors (Lipinski definition) is 3. The van der Waals surface area contributed by atoms with Gasteiger partial charge < -0.3 is 0 Å². The van der Waals surface area contributed by atoms with Gasteiger partial charge in [-0.25, -0.2) is 0 Å². The van der Waals surface area contributed by atoms with Crippen LogP contribution in [0.5, 0.6) is 0 Å². The zero-order chi connectivity index (χ0) is 21.0. The Kier molecular flexibility index (Phi) is 5.63. The number of aryl methyl sites for hydroxylation is 1. The van der Waals surface area contributed by atoms with Crippen molar-refractivity contribution in [3.63, 3.8) is 0 Å². The second-order valence-electron chi connectivity index (χ2n) is 8.11. The summed E-state index contributed by atoms with van der Waals surface area (Å²) in [5, 5.41) is 11.2. The van der Waals surface area contributed by atoms with Gasteiger partial charge in [0.2, 0.25) is 0 Å². The standard InChI is InChI=1S/C28H27N3/c1-20-15-17-21(18-16-20)24-13-8-14-25(19-24)28-30-26(22-9-4-2-5-10-22)29-27(31-28)23-11-6-3-7-12-23/h2-19,26-31H,1H3. The first-order valence-corrected chi connectivity index (χ1v) is 10.8. The SMILES string of the molecule is Cc1ccc(-c2cccc(C3NC(c4ccccc4)NC(c4ccccc4)N3)c2)cc1. The Balaban J connectivity index is 1.48. The molecule has 0 radical (unpaired) electrons. The lowest BCUT2D eigenvalue weighted by Gasteiger charge is -2.39. The number of rotatable bonds is 4. The molecule has 0 spiro atoms. The van der Waals surface area contributed by atoms with Gasteiger partial charge in [0.1, 0.15) is 0 Å². The van der Waals surface area contributed by atoms with Gasteiger partial charge in [-0.2, -0.15) is 0 Å². The maximum absolute atomic E-state index is 3.75. The Labute approximate surface area is 184 Å². The second kappa shape index (κ2) is 8.86. The van der Waals surface area contributed by atoms with E-state index in [4.69, 9.17) is 0 Å². The zero-order valence-corrected chi connectivity index (χ0v) is 17.6. The van der Waals surface area contributed by atoms with Crippen LogP contribution in [0.2, 0.25) is 0 Å². The van der Waals surface area contributed by atoms with Crippen LogP contribution in [0.4, 0.5) is 0 Å². The van der Waals surface area contributed by atoms with Crippen LogP contribution in [0.3, 0.4) is 0 Å². The molecule has 1 aliphatic heterocycles. The van der Waals surface area contributed by atoms with Crippen LogP contribution in [0, 0.1) is 6.92 Å². The Morgan fingerprint density at radius 3 is 1.48 bits per heavy atom. The van der Waals surface area contributed by atoms with Crippen molar-refractivity contribution in [3.8, 4) is 11.1 Å². The molecule has 1 saturated heterocycles. The summed E-state index contributed by atoms with van der Waals surface area (Å²) in [5.41, 5.74) is 7.42. The largest absolute Gasteiger partial charge is 0.279 e. The summed E-state index contributed by atoms with van der Waals surface area (Å²) in [5.74, 6) is 0. The number of hydrogen-bond acceptors (Lipinski definition) is 3. The summed E-state index contributed by atoms with van der Waals surface area (Å²) in [6.45, 7) is 2.12. The summed E-state index contributed by atoms with van der Waals surface area (Å²) in [6.07, 6.45) is 0.100. The van der Waals surface area contributed by atoms with Crippen LogP contribution in [-0.2, 0) is 0 Å². The van der Waals surface area contributed by atoms with Crippen molar-refractivity contribution in [2.24, 2.45) is 0 Å². The minimum absolute atomic E-state index is 0.0158. The van der Waals surface area contributed by atoms with Crippen LogP contribution in [0.25, 0.3) is 11.1 Å². The van der Waals surface area contributed by atoms with E-state index in [2.05, 4.69) is 132 Å². The van der Waals surface area contributed by atoms with E-state index in [-0.39, 0.29) is 18.5 Å². The second-order valence-corrected chi connectivity index (χ2v) is 8.11. The average molecular weight is 406 g/mol. The molecular formula is C28H27N3. The first-order valence-electron chi connectivity index (χ1n) is 10.8. The van der Waals surface area contributed by atoms with Crippen LogP contribution in [0.15, 0.2) is 109 Å². The molecule has 0 saturated carbocycles. The Bertz CT molecular complexity index is 1080. The normalized spacial score (nSPS) is 21.0. The van der Waals surface area contributed by atoms with Crippen LogP contribution < -0.4 is 16.0 Å². The van der Waals surface area contributed by atoms with Crippen molar-refractivity contribution in [1.29, 1.82) is 0 Å². The topological polar surface area (TPSA) is 36.1 Å². The monoisotopic (exact) mass is 405 g/mol. The third kappa shape index (κ3) is 4.44. The maximum atomic E-state index is 3.75. The maximum Gasteiger partial charge on any atom is 0.0864 e. The quantitative estimate of drug-likeness (QED) is 0.399. The molecule has 0 bridgehead atoms. The van der Waals surface area contributed by atoms with Gasteiger partial charge in [0, 0.05) is 0 Å². The Morgan fingerprint density at radius 1 is 0.452 bits per heavy atom. The molecule has 3 heteroatoms. The molecule has 4 aromatic rings. The van der Waals surface area contributed by atoms with Gasteiger partial charge in [-0.1, -0.05) is 109 Å². The molecular weight excluding hydrogens is 378 g/mol. The zero-order valence-electron chi connectivity index (χ0n) is 17.6. The molecule has 0 aliphatic carbocycles. The lowest BCUT2D eigenvalue weighted by molar-refractivity contribution is 0.203. The Hall–Kier alpha value is -3.24. The first kappa shape index (κ1) is 19.7. The van der Waals surface area contributed by atoms with E-state index in [1.165, 1.54) is 33.4 Å². The summed E-state index contributed by atoms with van der Waals surface area (Å²) >= 11 is 0. The van der Waals surface area contributed by atoms with Crippen molar-refractivity contribution in [2.45, 2.75) is 25.4 Å². The highest BCUT2D eigenvalue weighted by Gasteiger charge is 2.29. The third-order valence-corrected chi connectivity index (χ3v) is 5.87. The van der Waals surface area contributed by atoms with Gasteiger partial charge in [-0.05, 0) is 40.8 Å². The minimum Gasteiger partial charge on any atom is -0.279 e. The molecule has 1 fully saturated rings. The molecule has 31 heavy (non-hydrogen) atoms. The van der Waals surface area contributed by atoms with E-state index in [9.17, 15) is 0 Å². The highest BCUT2D eigenvalue weighted by Crippen LogP contribution is 2.29. The minimum atomic E-state index is 0.0158. The van der Waals surface area contributed by atoms with Crippen molar-refractivity contribution in [3.05, 3.63) is 131 Å². The van der Waals surface area contributed by atoms with Gasteiger partial charge in [0.15, 0.2) is 0 Å². The molecule has 3 N–H and O–H groups in total. The fourth-order valence-electron chi connectivity index (χ4n) is 4.16. The van der Waals surface area contributed by atoms with E-state index in [1.54, 1.807) is 0 Å². The van der Waals surface area contributed by atoms with E-state index in [0.29, 0.717) is 0 Å². The van der Waals surface area contributed by atoms with Crippen LogP contribution in [0.1, 0.15) is 40.8 Å². The fraction of sp³-hybridized carbons (Fsp3) is 0.143. The highest BCUT2D eigenvalue weighted by atomic mass is 15.4. The van der Waals surface area contributed by atoms with Crippen molar-refractivity contribution in [2.75, 3.05) is 0 Å². The Morgan fingerprint density at radius 2 is 0.935 bits per heavy atom. The smallest absolute Gasteiger partial charge is 0.0864 e. The molecule has 2 unspecified atom stereocenters. The van der Waals surface area contributed by atoms with Gasteiger partial charge >= 0.3 is 0 Å². The third-order valence-electron chi connectivity index (χ3n) is 5.87. The van der Waals surface area contributed by atoms with E-state index < -0.39 is 0 Å². The fourth-order valence-corrected chi connectivity index (χ4v) is 4.16.